The number of piperidine rings is 1. The SMILES string of the molecule is CC(C)(C)CCCC1(O)CCNC(C(O)C(C)(Cc2cc(F)cc(F)c2)C(N)=O)C1. The van der Waals surface area contributed by atoms with Gasteiger partial charge in [0.1, 0.15) is 11.6 Å². The Morgan fingerprint density at radius 3 is 2.40 bits per heavy atom. The second kappa shape index (κ2) is 9.28. The van der Waals surface area contributed by atoms with Crippen molar-refractivity contribution in [2.24, 2.45) is 16.6 Å². The summed E-state index contributed by atoms with van der Waals surface area (Å²) in [5.41, 5.74) is 3.64. The average molecular weight is 427 g/mol. The highest BCUT2D eigenvalue weighted by Gasteiger charge is 2.47. The fraction of sp³-hybridized carbons (Fsp3) is 0.696. The van der Waals surface area contributed by atoms with E-state index in [1.807, 2.05) is 0 Å². The third kappa shape index (κ3) is 6.46. The Labute approximate surface area is 178 Å². The zero-order valence-corrected chi connectivity index (χ0v) is 18.5. The number of aliphatic hydroxyl groups is 2. The molecule has 2 rings (SSSR count). The largest absolute Gasteiger partial charge is 0.390 e. The van der Waals surface area contributed by atoms with Crippen LogP contribution in [-0.4, -0.2) is 40.4 Å². The van der Waals surface area contributed by atoms with Gasteiger partial charge >= 0.3 is 0 Å². The Morgan fingerprint density at radius 1 is 1.27 bits per heavy atom. The molecule has 1 aliphatic rings. The maximum Gasteiger partial charge on any atom is 0.226 e. The van der Waals surface area contributed by atoms with Gasteiger partial charge in [0, 0.05) is 12.1 Å². The second-order valence-electron chi connectivity index (χ2n) is 10.3. The first-order chi connectivity index (χ1) is 13.7. The van der Waals surface area contributed by atoms with Crippen LogP contribution < -0.4 is 11.1 Å². The third-order valence-corrected chi connectivity index (χ3v) is 6.26. The monoisotopic (exact) mass is 426 g/mol. The molecule has 4 atom stereocenters. The fourth-order valence-electron chi connectivity index (χ4n) is 4.39. The molecule has 1 fully saturated rings. The maximum absolute atomic E-state index is 13.6. The van der Waals surface area contributed by atoms with Crippen LogP contribution in [0.3, 0.4) is 0 Å². The topological polar surface area (TPSA) is 95.6 Å². The van der Waals surface area contributed by atoms with Gasteiger partial charge in [-0.2, -0.15) is 0 Å². The van der Waals surface area contributed by atoms with Crippen LogP contribution in [0.25, 0.3) is 0 Å². The normalized spacial score (nSPS) is 25.5. The molecule has 1 saturated heterocycles. The molecule has 1 aromatic rings. The lowest BCUT2D eigenvalue weighted by Crippen LogP contribution is -2.60. The molecule has 1 amide bonds. The first-order valence-corrected chi connectivity index (χ1v) is 10.6. The van der Waals surface area contributed by atoms with Crippen LogP contribution in [0.5, 0.6) is 0 Å². The van der Waals surface area contributed by atoms with E-state index in [0.717, 1.165) is 31.0 Å². The molecule has 1 aliphatic heterocycles. The van der Waals surface area contributed by atoms with E-state index in [1.165, 1.54) is 6.92 Å². The third-order valence-electron chi connectivity index (χ3n) is 6.26. The van der Waals surface area contributed by atoms with Crippen molar-refractivity contribution in [2.75, 3.05) is 6.54 Å². The van der Waals surface area contributed by atoms with Gasteiger partial charge < -0.3 is 21.3 Å². The van der Waals surface area contributed by atoms with Gasteiger partial charge in [0.15, 0.2) is 0 Å². The molecule has 0 aromatic heterocycles. The number of rotatable bonds is 8. The number of carbonyl (C=O) groups excluding carboxylic acids is 1. The molecule has 170 valence electrons. The minimum absolute atomic E-state index is 0.112. The van der Waals surface area contributed by atoms with E-state index >= 15 is 0 Å². The molecule has 30 heavy (non-hydrogen) atoms. The number of benzene rings is 1. The van der Waals surface area contributed by atoms with Gasteiger partial charge in [0.25, 0.3) is 0 Å². The Bertz CT molecular complexity index is 732. The number of carbonyl (C=O) groups is 1. The van der Waals surface area contributed by atoms with Crippen LogP contribution in [0, 0.1) is 22.5 Å². The number of aliphatic hydroxyl groups excluding tert-OH is 1. The predicted molar refractivity (Wildman–Crippen MR) is 113 cm³/mol. The van der Waals surface area contributed by atoms with Crippen LogP contribution in [0.15, 0.2) is 18.2 Å². The van der Waals surface area contributed by atoms with E-state index in [-0.39, 0.29) is 23.8 Å². The number of amides is 1. The first kappa shape index (κ1) is 24.7. The minimum Gasteiger partial charge on any atom is -0.390 e. The van der Waals surface area contributed by atoms with Crippen molar-refractivity contribution in [3.8, 4) is 0 Å². The van der Waals surface area contributed by atoms with Crippen LogP contribution in [0.2, 0.25) is 0 Å². The second-order valence-corrected chi connectivity index (χ2v) is 10.3. The van der Waals surface area contributed by atoms with Crippen molar-refractivity contribution in [1.82, 2.24) is 5.32 Å². The summed E-state index contributed by atoms with van der Waals surface area (Å²) in [6.45, 7) is 8.45. The molecule has 0 spiro atoms. The minimum atomic E-state index is -1.46. The average Bonchev–Trinajstić information content (AvgIpc) is 2.58. The molecule has 0 aliphatic carbocycles. The smallest absolute Gasteiger partial charge is 0.226 e. The van der Waals surface area contributed by atoms with Gasteiger partial charge in [-0.15, -0.1) is 0 Å². The molecular weight excluding hydrogens is 390 g/mol. The number of halogens is 2. The summed E-state index contributed by atoms with van der Waals surface area (Å²) in [5, 5.41) is 25.4. The van der Waals surface area contributed by atoms with Gasteiger partial charge in [-0.1, -0.05) is 27.2 Å². The van der Waals surface area contributed by atoms with E-state index in [2.05, 4.69) is 26.1 Å². The highest BCUT2D eigenvalue weighted by molar-refractivity contribution is 5.81. The molecule has 5 N–H and O–H groups in total. The van der Waals surface area contributed by atoms with Crippen molar-refractivity contribution in [3.05, 3.63) is 35.4 Å². The molecular formula is C23H36F2N2O3. The zero-order chi connectivity index (χ0) is 22.7. The van der Waals surface area contributed by atoms with E-state index in [9.17, 15) is 23.8 Å². The summed E-state index contributed by atoms with van der Waals surface area (Å²) in [7, 11) is 0. The Hall–Kier alpha value is -1.57. The van der Waals surface area contributed by atoms with Crippen molar-refractivity contribution >= 4 is 5.91 Å². The number of nitrogens with one attached hydrogen (secondary N) is 1. The molecule has 4 unspecified atom stereocenters. The lowest BCUT2D eigenvalue weighted by molar-refractivity contribution is -0.137. The molecule has 5 nitrogen and oxygen atoms in total. The predicted octanol–water partition coefficient (Wildman–Crippen LogP) is 3.06. The quantitative estimate of drug-likeness (QED) is 0.514. The lowest BCUT2D eigenvalue weighted by atomic mass is 9.71. The molecule has 1 aromatic carbocycles. The highest BCUT2D eigenvalue weighted by atomic mass is 19.1. The van der Waals surface area contributed by atoms with E-state index in [0.29, 0.717) is 19.4 Å². The summed E-state index contributed by atoms with van der Waals surface area (Å²) >= 11 is 0. The number of nitrogens with two attached hydrogens (primary N) is 1. The van der Waals surface area contributed by atoms with Gasteiger partial charge in [0.2, 0.25) is 5.91 Å². The summed E-state index contributed by atoms with van der Waals surface area (Å²) in [6, 6.07) is 2.46. The van der Waals surface area contributed by atoms with Crippen molar-refractivity contribution < 1.29 is 23.8 Å². The first-order valence-electron chi connectivity index (χ1n) is 10.6. The number of hydrogen-bond donors (Lipinski definition) is 4. The number of primary amides is 1. The van der Waals surface area contributed by atoms with Crippen LogP contribution in [-0.2, 0) is 11.2 Å². The lowest BCUT2D eigenvalue weighted by Gasteiger charge is -2.44. The van der Waals surface area contributed by atoms with Crippen molar-refractivity contribution in [1.29, 1.82) is 0 Å². The van der Waals surface area contributed by atoms with E-state index in [4.69, 9.17) is 5.73 Å². The van der Waals surface area contributed by atoms with Crippen LogP contribution >= 0.6 is 0 Å². The van der Waals surface area contributed by atoms with Crippen molar-refractivity contribution in [2.45, 2.75) is 84.0 Å². The Balaban J connectivity index is 2.15. The highest BCUT2D eigenvalue weighted by Crippen LogP contribution is 2.36. The molecule has 0 saturated carbocycles. The fourth-order valence-corrected chi connectivity index (χ4v) is 4.39. The van der Waals surface area contributed by atoms with E-state index < -0.39 is 40.7 Å². The van der Waals surface area contributed by atoms with Gasteiger partial charge in [-0.25, -0.2) is 8.78 Å². The van der Waals surface area contributed by atoms with Gasteiger partial charge in [-0.3, -0.25) is 4.79 Å². The Kier molecular flexibility index (Phi) is 7.64. The summed E-state index contributed by atoms with van der Waals surface area (Å²) in [5.74, 6) is -2.27. The van der Waals surface area contributed by atoms with E-state index in [1.54, 1.807) is 0 Å². The molecule has 0 radical (unpaired) electrons. The number of hydrogen-bond acceptors (Lipinski definition) is 4. The molecule has 1 heterocycles. The Morgan fingerprint density at radius 2 is 1.87 bits per heavy atom. The standard InChI is InChI=1S/C23H36F2N2O3/c1-21(2,3)6-5-7-23(30)8-9-27-18(14-23)19(28)22(4,20(26)29)13-15-10-16(24)12-17(25)11-15/h10-12,18-19,27-28,30H,5-9,13-14H2,1-4H3,(H2,26,29). The summed E-state index contributed by atoms with van der Waals surface area (Å²) in [4.78, 5) is 12.3. The summed E-state index contributed by atoms with van der Waals surface area (Å²) < 4.78 is 27.2. The van der Waals surface area contributed by atoms with Crippen molar-refractivity contribution in [3.63, 3.8) is 0 Å². The van der Waals surface area contributed by atoms with Crippen LogP contribution in [0.1, 0.15) is 65.4 Å². The maximum atomic E-state index is 13.6. The van der Waals surface area contributed by atoms with Gasteiger partial charge in [0.05, 0.1) is 17.1 Å². The summed E-state index contributed by atoms with van der Waals surface area (Å²) in [6.07, 6.45) is 1.94. The molecule has 0 bridgehead atoms. The van der Waals surface area contributed by atoms with Crippen LogP contribution in [0.4, 0.5) is 8.78 Å². The molecule has 7 heteroatoms. The van der Waals surface area contributed by atoms with Gasteiger partial charge in [-0.05, 0) is 68.7 Å². The zero-order valence-electron chi connectivity index (χ0n) is 18.5.